The van der Waals surface area contributed by atoms with Crippen molar-refractivity contribution in [2.24, 2.45) is 0 Å². The normalized spacial score (nSPS) is 18.5. The molecule has 0 radical (unpaired) electrons. The van der Waals surface area contributed by atoms with E-state index in [0.717, 1.165) is 11.1 Å². The van der Waals surface area contributed by atoms with Crippen molar-refractivity contribution in [1.82, 2.24) is 8.97 Å². The van der Waals surface area contributed by atoms with E-state index in [4.69, 9.17) is 0 Å². The van der Waals surface area contributed by atoms with E-state index in [-0.39, 0.29) is 29.0 Å². The number of sulfone groups is 1. The zero-order valence-electron chi connectivity index (χ0n) is 17.6. The minimum atomic E-state index is -3.10. The number of nitrogens with zero attached hydrogens (tertiary/aromatic N) is 2. The maximum absolute atomic E-state index is 13.2. The number of aromatic amines is 1. The van der Waals surface area contributed by atoms with Crippen molar-refractivity contribution in [3.8, 4) is 0 Å². The average Bonchev–Trinajstić information content (AvgIpc) is 3.29. The number of benzene rings is 1. The molecule has 1 fully saturated rings. The predicted molar refractivity (Wildman–Crippen MR) is 121 cm³/mol. The van der Waals surface area contributed by atoms with E-state index < -0.39 is 9.84 Å². The molecule has 8 nitrogen and oxygen atoms in total. The van der Waals surface area contributed by atoms with Crippen LogP contribution in [-0.2, 0) is 16.4 Å². The Bertz CT molecular complexity index is 1540. The minimum Gasteiger partial charge on any atom is -0.458 e. The number of fused-ring (bicyclic) bond motifs is 2. The lowest BCUT2D eigenvalue weighted by Gasteiger charge is -2.05. The van der Waals surface area contributed by atoms with E-state index in [0.29, 0.717) is 35.3 Å². The summed E-state index contributed by atoms with van der Waals surface area (Å²) in [5, 5.41) is 11.4. The van der Waals surface area contributed by atoms with Crippen LogP contribution in [0.5, 0.6) is 0 Å². The molecule has 1 aromatic carbocycles. The molecule has 0 spiro atoms. The topological polar surface area (TPSA) is 109 Å². The van der Waals surface area contributed by atoms with E-state index in [1.54, 1.807) is 16.7 Å². The fourth-order valence-electron chi connectivity index (χ4n) is 4.34. The molecule has 5 rings (SSSR count). The molecule has 32 heavy (non-hydrogen) atoms. The highest BCUT2D eigenvalue weighted by Crippen LogP contribution is 2.17. The lowest BCUT2D eigenvalue weighted by atomic mass is 10.2. The second kappa shape index (κ2) is 7.59. The number of nitrogens with one attached hydrogen (secondary N) is 2. The molecule has 4 aromatic rings. The van der Waals surface area contributed by atoms with Crippen molar-refractivity contribution in [2.75, 3.05) is 11.5 Å². The molecule has 1 saturated heterocycles. The summed E-state index contributed by atoms with van der Waals surface area (Å²) >= 11 is 0. The van der Waals surface area contributed by atoms with Crippen LogP contribution in [-0.4, -0.2) is 45.9 Å². The van der Waals surface area contributed by atoms with Crippen LogP contribution in [0.2, 0.25) is 0 Å². The average molecular weight is 453 g/mol. The molecule has 0 saturated carbocycles. The number of aryl methyl sites for hydroxylation is 1. The smallest absolute Gasteiger partial charge is 0.398 e. The summed E-state index contributed by atoms with van der Waals surface area (Å²) in [6.45, 7) is 2.35. The third kappa shape index (κ3) is 3.58. The Kier molecular flexibility index (Phi) is 4.85. The van der Waals surface area contributed by atoms with Gasteiger partial charge >= 0.3 is 11.5 Å². The van der Waals surface area contributed by atoms with Crippen LogP contribution in [0, 0.1) is 6.92 Å². The molecule has 4 heterocycles. The van der Waals surface area contributed by atoms with Crippen molar-refractivity contribution in [2.45, 2.75) is 25.9 Å². The van der Waals surface area contributed by atoms with Gasteiger partial charge in [0.05, 0.1) is 18.5 Å². The number of rotatable bonds is 4. The number of pyridine rings is 1. The fraction of sp³-hybridized carbons (Fsp3) is 0.261. The highest BCUT2D eigenvalue weighted by molar-refractivity contribution is 7.91. The number of aliphatic hydroxyl groups excluding tert-OH is 1. The third-order valence-corrected chi connectivity index (χ3v) is 7.75. The van der Waals surface area contributed by atoms with Gasteiger partial charge in [-0.05, 0) is 24.6 Å². The summed E-state index contributed by atoms with van der Waals surface area (Å²) in [6, 6.07) is 14.8. The zero-order chi connectivity index (χ0) is 22.5. The number of hydrogen-bond acceptors (Lipinski definition) is 3. The van der Waals surface area contributed by atoms with Gasteiger partial charge in [0, 0.05) is 18.1 Å². The van der Waals surface area contributed by atoms with E-state index in [2.05, 4.69) is 9.98 Å². The molecule has 1 atom stereocenters. The molecule has 1 aliphatic rings. The maximum Gasteiger partial charge on any atom is 0.398 e. The first-order valence-electron chi connectivity index (χ1n) is 10.5. The van der Waals surface area contributed by atoms with Crippen LogP contribution in [0.4, 0.5) is 0 Å². The van der Waals surface area contributed by atoms with Gasteiger partial charge in [-0.1, -0.05) is 30.3 Å². The lowest BCUT2D eigenvalue weighted by molar-refractivity contribution is -0.503. The van der Waals surface area contributed by atoms with Crippen LogP contribution in [0.3, 0.4) is 0 Å². The predicted octanol–water partition coefficient (Wildman–Crippen LogP) is -0.00268. The summed E-state index contributed by atoms with van der Waals surface area (Å²) in [6.07, 6.45) is 2.14. The summed E-state index contributed by atoms with van der Waals surface area (Å²) in [7, 11) is -3.10. The van der Waals surface area contributed by atoms with Crippen molar-refractivity contribution < 1.29 is 23.5 Å². The minimum absolute atomic E-state index is 0.0200. The largest absolute Gasteiger partial charge is 0.458 e. The quantitative estimate of drug-likeness (QED) is 0.336. The molecule has 3 aromatic heterocycles. The van der Waals surface area contributed by atoms with Crippen LogP contribution >= 0.6 is 0 Å². The number of aliphatic hydroxyl groups is 1. The Labute approximate surface area is 184 Å². The molecule has 0 aliphatic carbocycles. The first-order chi connectivity index (χ1) is 15.3. The number of H-pyrrole nitrogens is 1. The summed E-state index contributed by atoms with van der Waals surface area (Å²) in [5.41, 5.74) is 3.43. The Balaban J connectivity index is 1.73. The van der Waals surface area contributed by atoms with Crippen molar-refractivity contribution >= 4 is 32.4 Å². The number of aromatic nitrogens is 3. The van der Waals surface area contributed by atoms with Crippen molar-refractivity contribution in [1.29, 1.82) is 0 Å². The standard InChI is InChI=1S/C23H22N4O4S/c1-15-6-5-10-26-20(15)25-21-18(23(26)29)12-19(27(21)13-16-7-3-2-4-8-16)22(28)24-17-9-11-32(30,31)14-17/h2-8,10,12,17H,9,11,13-14H2,1H3,(H,24,28)/p+2/t17-/m0/s1. The van der Waals surface area contributed by atoms with Gasteiger partial charge in [0.15, 0.2) is 15.9 Å². The van der Waals surface area contributed by atoms with Gasteiger partial charge in [-0.15, -0.1) is 0 Å². The van der Waals surface area contributed by atoms with Gasteiger partial charge < -0.3 is 5.11 Å². The van der Waals surface area contributed by atoms with Crippen LogP contribution in [0.25, 0.3) is 16.7 Å². The van der Waals surface area contributed by atoms with Gasteiger partial charge in [0.2, 0.25) is 17.0 Å². The van der Waals surface area contributed by atoms with E-state index in [9.17, 15) is 18.3 Å². The van der Waals surface area contributed by atoms with Crippen LogP contribution < -0.4 is 15.5 Å². The summed E-state index contributed by atoms with van der Waals surface area (Å²) < 4.78 is 27.1. The van der Waals surface area contributed by atoms with Crippen molar-refractivity contribution in [3.63, 3.8) is 0 Å². The summed E-state index contributed by atoms with van der Waals surface area (Å²) in [5.74, 6) is -0.0590. The van der Waals surface area contributed by atoms with E-state index in [1.807, 2.05) is 54.0 Å². The second-order valence-corrected chi connectivity index (χ2v) is 10.5. The first-order valence-corrected chi connectivity index (χ1v) is 12.3. The SMILES string of the molecule is Cc1cccn2c(=O)c3cc(C(O)=[NH+][C@H]4CCS(=O)(=O)C4)n(Cc4ccccc4)c3[nH+]c12. The molecule has 9 heteroatoms. The second-order valence-electron chi connectivity index (χ2n) is 8.30. The van der Waals surface area contributed by atoms with Crippen LogP contribution in [0.15, 0.2) is 59.5 Å². The lowest BCUT2D eigenvalue weighted by Crippen LogP contribution is -2.80. The molecular weight excluding hydrogens is 428 g/mol. The van der Waals surface area contributed by atoms with Gasteiger partial charge in [0.25, 0.3) is 0 Å². The first kappa shape index (κ1) is 20.4. The summed E-state index contributed by atoms with van der Waals surface area (Å²) in [4.78, 5) is 19.6. The van der Waals surface area contributed by atoms with Crippen LogP contribution in [0.1, 0.15) is 23.2 Å². The molecule has 164 valence electrons. The molecule has 0 unspecified atom stereocenters. The molecule has 3 N–H and O–H groups in total. The zero-order valence-corrected chi connectivity index (χ0v) is 18.4. The van der Waals surface area contributed by atoms with Gasteiger partial charge in [-0.3, -0.25) is 0 Å². The maximum atomic E-state index is 13.2. The molecule has 0 amide bonds. The Hall–Kier alpha value is -3.46. The highest BCUT2D eigenvalue weighted by atomic mass is 32.2. The molecule has 1 aliphatic heterocycles. The highest BCUT2D eigenvalue weighted by Gasteiger charge is 2.34. The monoisotopic (exact) mass is 452 g/mol. The van der Waals surface area contributed by atoms with Crippen molar-refractivity contribution in [3.05, 3.63) is 81.9 Å². The Morgan fingerprint density at radius 1 is 1.19 bits per heavy atom. The Morgan fingerprint density at radius 3 is 2.69 bits per heavy atom. The third-order valence-electron chi connectivity index (χ3n) is 5.98. The van der Waals surface area contributed by atoms with Gasteiger partial charge in [-0.2, -0.15) is 4.40 Å². The fourth-order valence-corrected chi connectivity index (χ4v) is 6.01. The number of hydrogen-bond donors (Lipinski definition) is 2. The van der Waals surface area contributed by atoms with E-state index in [1.165, 1.54) is 0 Å². The van der Waals surface area contributed by atoms with Gasteiger partial charge in [0.1, 0.15) is 11.1 Å². The van der Waals surface area contributed by atoms with Gasteiger partial charge in [-0.25, -0.2) is 27.8 Å². The Morgan fingerprint density at radius 2 is 1.97 bits per heavy atom. The molecule has 0 bridgehead atoms. The van der Waals surface area contributed by atoms with E-state index >= 15 is 0 Å². The molecular formula is C23H24N4O4S+2.